The van der Waals surface area contributed by atoms with Crippen LogP contribution in [0.15, 0.2) is 34.1 Å². The van der Waals surface area contributed by atoms with Gasteiger partial charge in [-0.25, -0.2) is 4.98 Å². The predicted molar refractivity (Wildman–Crippen MR) is 63.9 cm³/mol. The predicted octanol–water partition coefficient (Wildman–Crippen LogP) is 2.01. The molecule has 0 unspecified atom stereocenters. The Morgan fingerprint density at radius 2 is 2.06 bits per heavy atom. The third-order valence-corrected chi connectivity index (χ3v) is 3.10. The molecule has 2 aromatic rings. The molecule has 0 amide bonds. The molecule has 0 radical (unpaired) electrons. The summed E-state index contributed by atoms with van der Waals surface area (Å²) in [6.45, 7) is 0. The fraction of sp³-hybridized carbons (Fsp3) is 0. The number of carbonyl (C=O) groups is 1. The number of carboxylic acids is 1. The second-order valence-corrected chi connectivity index (χ2v) is 4.73. The molecule has 1 N–H and O–H groups in total. The van der Waals surface area contributed by atoms with Gasteiger partial charge in [-0.05, 0) is 24.3 Å². The molecular formula is C10H6BrN2O2S-. The van der Waals surface area contributed by atoms with Gasteiger partial charge in [0.25, 0.3) is 0 Å². The van der Waals surface area contributed by atoms with E-state index in [2.05, 4.69) is 26.2 Å². The second kappa shape index (κ2) is 4.63. The normalized spacial score (nSPS) is 10.1. The average Bonchev–Trinajstić information content (AvgIpc) is 2.70. The van der Waals surface area contributed by atoms with Crippen molar-refractivity contribution in [3.8, 4) is 0 Å². The molecule has 82 valence electrons. The summed E-state index contributed by atoms with van der Waals surface area (Å²) in [5.41, 5.74) is 0.798. The molecule has 1 aromatic heterocycles. The average molecular weight is 298 g/mol. The van der Waals surface area contributed by atoms with Gasteiger partial charge in [-0.2, -0.15) is 0 Å². The minimum atomic E-state index is -1.26. The molecule has 0 spiro atoms. The largest absolute Gasteiger partial charge is 0.543 e. The Hall–Kier alpha value is -1.40. The number of anilines is 2. The van der Waals surface area contributed by atoms with Crippen molar-refractivity contribution in [3.63, 3.8) is 0 Å². The molecule has 0 fully saturated rings. The highest BCUT2D eigenvalue weighted by molar-refractivity contribution is 9.10. The van der Waals surface area contributed by atoms with E-state index in [0.717, 1.165) is 10.2 Å². The zero-order chi connectivity index (χ0) is 11.5. The molecule has 16 heavy (non-hydrogen) atoms. The first-order valence-corrected chi connectivity index (χ1v) is 6.02. The number of benzene rings is 1. The Balaban J connectivity index is 2.14. The SMILES string of the molecule is O=C([O-])c1csc(Nc2ccc(Br)cc2)n1. The summed E-state index contributed by atoms with van der Waals surface area (Å²) in [7, 11) is 0. The Morgan fingerprint density at radius 3 is 2.62 bits per heavy atom. The molecule has 4 nitrogen and oxygen atoms in total. The number of hydrogen-bond acceptors (Lipinski definition) is 5. The zero-order valence-electron chi connectivity index (χ0n) is 7.94. The summed E-state index contributed by atoms with van der Waals surface area (Å²) >= 11 is 4.55. The van der Waals surface area contributed by atoms with E-state index < -0.39 is 5.97 Å². The number of nitrogens with zero attached hydrogens (tertiary/aromatic N) is 1. The highest BCUT2D eigenvalue weighted by Gasteiger charge is 2.02. The summed E-state index contributed by atoms with van der Waals surface area (Å²) in [6.07, 6.45) is 0. The van der Waals surface area contributed by atoms with Gasteiger partial charge >= 0.3 is 0 Å². The Bertz CT molecular complexity index is 510. The van der Waals surface area contributed by atoms with Crippen molar-refractivity contribution < 1.29 is 9.90 Å². The molecule has 6 heteroatoms. The number of thiazole rings is 1. The smallest absolute Gasteiger partial charge is 0.187 e. The van der Waals surface area contributed by atoms with Crippen LogP contribution in [-0.2, 0) is 0 Å². The van der Waals surface area contributed by atoms with Crippen molar-refractivity contribution in [2.75, 3.05) is 5.32 Å². The van der Waals surface area contributed by atoms with Crippen LogP contribution in [0.4, 0.5) is 10.8 Å². The Labute approximate surface area is 104 Å². The molecule has 2 rings (SSSR count). The van der Waals surface area contributed by atoms with Gasteiger partial charge in [-0.3, -0.25) is 0 Å². The first-order chi connectivity index (χ1) is 7.65. The number of carboxylic acid groups (broad SMARTS) is 1. The van der Waals surface area contributed by atoms with E-state index >= 15 is 0 Å². The molecule has 0 bridgehead atoms. The van der Waals surface area contributed by atoms with Crippen LogP contribution >= 0.6 is 27.3 Å². The Morgan fingerprint density at radius 1 is 1.38 bits per heavy atom. The van der Waals surface area contributed by atoms with Crippen molar-refractivity contribution in [1.29, 1.82) is 0 Å². The summed E-state index contributed by atoms with van der Waals surface area (Å²) in [4.78, 5) is 14.4. The maximum Gasteiger partial charge on any atom is 0.187 e. The summed E-state index contributed by atoms with van der Waals surface area (Å²) < 4.78 is 0.979. The van der Waals surface area contributed by atoms with Crippen LogP contribution in [0.1, 0.15) is 10.5 Å². The van der Waals surface area contributed by atoms with Crippen molar-refractivity contribution in [2.24, 2.45) is 0 Å². The molecule has 0 atom stereocenters. The van der Waals surface area contributed by atoms with Crippen LogP contribution in [0.3, 0.4) is 0 Å². The molecule has 1 aromatic carbocycles. The molecule has 0 saturated carbocycles. The van der Waals surface area contributed by atoms with Gasteiger partial charge in [0, 0.05) is 15.5 Å². The first-order valence-electron chi connectivity index (χ1n) is 4.34. The number of aromatic carboxylic acids is 1. The fourth-order valence-electron chi connectivity index (χ4n) is 1.08. The van der Waals surface area contributed by atoms with Crippen molar-refractivity contribution in [1.82, 2.24) is 4.98 Å². The third-order valence-electron chi connectivity index (χ3n) is 1.81. The number of halogens is 1. The summed E-state index contributed by atoms with van der Waals surface area (Å²) in [6, 6.07) is 7.50. The van der Waals surface area contributed by atoms with Crippen molar-refractivity contribution in [3.05, 3.63) is 39.8 Å². The third kappa shape index (κ3) is 2.59. The topological polar surface area (TPSA) is 65.0 Å². The van der Waals surface area contributed by atoms with E-state index in [4.69, 9.17) is 0 Å². The fourth-order valence-corrected chi connectivity index (χ4v) is 2.05. The number of hydrogen-bond donors (Lipinski definition) is 1. The minimum absolute atomic E-state index is 0.0513. The highest BCUT2D eigenvalue weighted by atomic mass is 79.9. The van der Waals surface area contributed by atoms with Gasteiger partial charge in [0.15, 0.2) is 5.13 Å². The van der Waals surface area contributed by atoms with Crippen LogP contribution in [0.5, 0.6) is 0 Å². The molecule has 0 aliphatic carbocycles. The van der Waals surface area contributed by atoms with E-state index in [0.29, 0.717) is 5.13 Å². The lowest BCUT2D eigenvalue weighted by molar-refractivity contribution is -0.255. The quantitative estimate of drug-likeness (QED) is 0.941. The van der Waals surface area contributed by atoms with Crippen molar-refractivity contribution >= 4 is 44.1 Å². The standard InChI is InChI=1S/C10H7BrN2O2S/c11-6-1-3-7(4-2-6)12-10-13-8(5-16-10)9(14)15/h1-5H,(H,12,13)(H,14,15)/p-1. The summed E-state index contributed by atoms with van der Waals surface area (Å²) in [5, 5.41) is 15.5. The number of aromatic nitrogens is 1. The lowest BCUT2D eigenvalue weighted by Gasteiger charge is -2.01. The molecule has 0 aliphatic heterocycles. The number of nitrogens with one attached hydrogen (secondary N) is 1. The van der Waals surface area contributed by atoms with Gasteiger partial charge in [0.05, 0.1) is 11.7 Å². The Kier molecular flexibility index (Phi) is 3.21. The van der Waals surface area contributed by atoms with E-state index in [1.807, 2.05) is 24.3 Å². The molecule has 0 saturated heterocycles. The lowest BCUT2D eigenvalue weighted by Crippen LogP contribution is -2.22. The summed E-state index contributed by atoms with van der Waals surface area (Å²) in [5.74, 6) is -1.26. The van der Waals surface area contributed by atoms with E-state index in [9.17, 15) is 9.90 Å². The van der Waals surface area contributed by atoms with Crippen LogP contribution < -0.4 is 10.4 Å². The van der Waals surface area contributed by atoms with E-state index in [-0.39, 0.29) is 5.69 Å². The maximum atomic E-state index is 10.5. The molecule has 1 heterocycles. The van der Waals surface area contributed by atoms with E-state index in [1.54, 1.807) is 0 Å². The van der Waals surface area contributed by atoms with Gasteiger partial charge in [0.2, 0.25) is 0 Å². The molecule has 0 aliphatic rings. The monoisotopic (exact) mass is 297 g/mol. The second-order valence-electron chi connectivity index (χ2n) is 2.96. The molecular weight excluding hydrogens is 292 g/mol. The number of carbonyl (C=O) groups excluding carboxylic acids is 1. The van der Waals surface area contributed by atoms with Crippen LogP contribution in [0.25, 0.3) is 0 Å². The lowest BCUT2D eigenvalue weighted by atomic mass is 10.3. The van der Waals surface area contributed by atoms with Crippen molar-refractivity contribution in [2.45, 2.75) is 0 Å². The minimum Gasteiger partial charge on any atom is -0.543 e. The van der Waals surface area contributed by atoms with E-state index in [1.165, 1.54) is 16.7 Å². The first kappa shape index (κ1) is 11.1. The van der Waals surface area contributed by atoms with Crippen LogP contribution in [0, 0.1) is 0 Å². The highest BCUT2D eigenvalue weighted by Crippen LogP contribution is 2.22. The van der Waals surface area contributed by atoms with Gasteiger partial charge in [0.1, 0.15) is 0 Å². The van der Waals surface area contributed by atoms with Gasteiger partial charge in [-0.15, -0.1) is 11.3 Å². The van der Waals surface area contributed by atoms with Crippen LogP contribution in [-0.4, -0.2) is 11.0 Å². The number of rotatable bonds is 3. The van der Waals surface area contributed by atoms with Gasteiger partial charge < -0.3 is 15.2 Å². The van der Waals surface area contributed by atoms with Crippen LogP contribution in [0.2, 0.25) is 0 Å². The zero-order valence-corrected chi connectivity index (χ0v) is 10.3. The van der Waals surface area contributed by atoms with Gasteiger partial charge in [-0.1, -0.05) is 15.9 Å². The maximum absolute atomic E-state index is 10.5.